The molecule has 4 N–H and O–H groups in total. The van der Waals surface area contributed by atoms with E-state index < -0.39 is 18.2 Å². The minimum absolute atomic E-state index is 0.112. The van der Waals surface area contributed by atoms with Crippen LogP contribution in [0.25, 0.3) is 0 Å². The molecule has 0 aromatic carbocycles. The first kappa shape index (κ1) is 19.5. The minimum Gasteiger partial charge on any atom is -0.489 e. The van der Waals surface area contributed by atoms with Crippen molar-refractivity contribution in [1.29, 1.82) is 0 Å². The highest BCUT2D eigenvalue weighted by Gasteiger charge is 2.26. The third-order valence-electron chi connectivity index (χ3n) is 2.48. The number of halogens is 1. The van der Waals surface area contributed by atoms with Crippen LogP contribution in [0.2, 0.25) is 0 Å². The maximum Gasteiger partial charge on any atom is 0.244 e. The number of likely N-dealkylation sites (N-methyl/N-ethyl adjacent to an activating group) is 1. The Kier molecular flexibility index (Phi) is 8.09. The van der Waals surface area contributed by atoms with Gasteiger partial charge in [-0.15, -0.1) is 0 Å². The summed E-state index contributed by atoms with van der Waals surface area (Å²) in [7, 11) is 1.54. The molecule has 6 nitrogen and oxygen atoms in total. The Morgan fingerprint density at radius 1 is 1.48 bits per heavy atom. The van der Waals surface area contributed by atoms with E-state index in [1.807, 2.05) is 0 Å². The summed E-state index contributed by atoms with van der Waals surface area (Å²) in [4.78, 5) is 11.7. The van der Waals surface area contributed by atoms with Crippen molar-refractivity contribution in [2.75, 3.05) is 20.3 Å². The Morgan fingerprint density at radius 2 is 2.05 bits per heavy atom. The molecule has 1 unspecified atom stereocenters. The van der Waals surface area contributed by atoms with Crippen LogP contribution in [-0.4, -0.2) is 48.0 Å². The molecule has 1 atom stereocenters. The molecule has 0 aliphatic rings. The van der Waals surface area contributed by atoms with Crippen LogP contribution in [0.1, 0.15) is 13.8 Å². The molecule has 0 aliphatic carbocycles. The summed E-state index contributed by atoms with van der Waals surface area (Å²) in [6, 6.07) is 0. The Balaban J connectivity index is 4.85. The topological polar surface area (TPSA) is 90.8 Å². The number of allylic oxidation sites excluding steroid dienone is 2. The number of amides is 1. The Labute approximate surface area is 130 Å². The van der Waals surface area contributed by atoms with Gasteiger partial charge >= 0.3 is 0 Å². The molecule has 120 valence electrons. The highest BCUT2D eigenvalue weighted by Crippen LogP contribution is 2.17. The Bertz CT molecular complexity index is 433. The number of hydrogen-bond acceptors (Lipinski definition) is 5. The number of aliphatic hydroxyl groups is 2. The molecule has 0 spiro atoms. The fourth-order valence-electron chi connectivity index (χ4n) is 1.40. The first-order valence-corrected chi connectivity index (χ1v) is 6.69. The van der Waals surface area contributed by atoms with E-state index in [4.69, 9.17) is 21.4 Å². The summed E-state index contributed by atoms with van der Waals surface area (Å²) in [6.45, 7) is 10.1. The number of carbonyl (C=O) groups excluding carboxylic acids is 1. The molecule has 21 heavy (non-hydrogen) atoms. The largest absolute Gasteiger partial charge is 0.489 e. The third kappa shape index (κ3) is 7.17. The first-order chi connectivity index (χ1) is 9.63. The van der Waals surface area contributed by atoms with Crippen LogP contribution in [0, 0.1) is 0 Å². The Hall–Kier alpha value is -1.50. The predicted octanol–water partition coefficient (Wildman–Crippen LogP) is 0.620. The van der Waals surface area contributed by atoms with Gasteiger partial charge < -0.3 is 25.6 Å². The van der Waals surface area contributed by atoms with Crippen molar-refractivity contribution in [3.8, 4) is 0 Å². The number of nitrogens with one attached hydrogen (secondary N) is 2. The van der Waals surface area contributed by atoms with Gasteiger partial charge in [0.05, 0.1) is 11.6 Å². The van der Waals surface area contributed by atoms with E-state index >= 15 is 0 Å². The summed E-state index contributed by atoms with van der Waals surface area (Å²) in [5.74, 6) is -0.0192. The second kappa shape index (κ2) is 8.71. The maximum atomic E-state index is 11.7. The van der Waals surface area contributed by atoms with Crippen molar-refractivity contribution in [3.05, 3.63) is 35.7 Å². The van der Waals surface area contributed by atoms with Gasteiger partial charge in [0, 0.05) is 18.8 Å². The van der Waals surface area contributed by atoms with Crippen molar-refractivity contribution in [1.82, 2.24) is 10.6 Å². The van der Waals surface area contributed by atoms with E-state index in [9.17, 15) is 9.90 Å². The zero-order valence-electron chi connectivity index (χ0n) is 12.6. The highest BCUT2D eigenvalue weighted by molar-refractivity contribution is 6.31. The van der Waals surface area contributed by atoms with Crippen molar-refractivity contribution in [2.45, 2.75) is 25.5 Å². The lowest BCUT2D eigenvalue weighted by atomic mass is 10.0. The van der Waals surface area contributed by atoms with Gasteiger partial charge in [0.25, 0.3) is 0 Å². The normalized spacial score (nSPS) is 13.3. The summed E-state index contributed by atoms with van der Waals surface area (Å²) in [6.07, 6.45) is 0.442. The van der Waals surface area contributed by atoms with Gasteiger partial charge in [0.1, 0.15) is 24.0 Å². The lowest BCUT2D eigenvalue weighted by Gasteiger charge is -2.26. The van der Waals surface area contributed by atoms with E-state index in [1.54, 1.807) is 13.8 Å². The van der Waals surface area contributed by atoms with Crippen molar-refractivity contribution in [2.24, 2.45) is 0 Å². The second-order valence-corrected chi connectivity index (χ2v) is 5.37. The van der Waals surface area contributed by atoms with E-state index in [0.717, 1.165) is 0 Å². The van der Waals surface area contributed by atoms with E-state index in [-0.39, 0.29) is 23.3 Å². The fourth-order valence-corrected chi connectivity index (χ4v) is 1.51. The first-order valence-electron chi connectivity index (χ1n) is 6.31. The van der Waals surface area contributed by atoms with E-state index in [0.29, 0.717) is 5.70 Å². The number of aliphatic hydroxyl groups excluding tert-OH is 2. The third-order valence-corrected chi connectivity index (χ3v) is 2.67. The van der Waals surface area contributed by atoms with Crippen molar-refractivity contribution >= 4 is 17.5 Å². The predicted molar refractivity (Wildman–Crippen MR) is 82.5 cm³/mol. The van der Waals surface area contributed by atoms with Gasteiger partial charge in [0.15, 0.2) is 0 Å². The number of hydrogen-bond donors (Lipinski definition) is 4. The molecule has 0 aromatic heterocycles. The second-order valence-electron chi connectivity index (χ2n) is 4.92. The number of rotatable bonds is 9. The van der Waals surface area contributed by atoms with Gasteiger partial charge in [-0.1, -0.05) is 24.8 Å². The molecular weight excluding hydrogens is 296 g/mol. The number of ether oxygens (including phenoxy) is 1. The van der Waals surface area contributed by atoms with Gasteiger partial charge in [0.2, 0.25) is 5.91 Å². The van der Waals surface area contributed by atoms with Crippen molar-refractivity contribution < 1.29 is 19.7 Å². The molecule has 1 amide bonds. The molecule has 0 fully saturated rings. The molecule has 0 heterocycles. The van der Waals surface area contributed by atoms with Gasteiger partial charge in [-0.25, -0.2) is 0 Å². The molecule has 0 saturated heterocycles. The molecule has 0 bridgehead atoms. The molecular formula is C14H23ClN2O4. The van der Waals surface area contributed by atoms with Crippen LogP contribution in [0.3, 0.4) is 0 Å². The number of carbonyl (C=O) groups is 1. The van der Waals surface area contributed by atoms with Gasteiger partial charge in [-0.05, 0) is 13.8 Å². The average molecular weight is 319 g/mol. The van der Waals surface area contributed by atoms with Crippen LogP contribution >= 0.6 is 11.6 Å². The van der Waals surface area contributed by atoms with E-state index in [1.165, 1.54) is 13.1 Å². The fraction of sp³-hybridized carbons (Fsp3) is 0.500. The van der Waals surface area contributed by atoms with Crippen molar-refractivity contribution in [3.63, 3.8) is 0 Å². The summed E-state index contributed by atoms with van der Waals surface area (Å²) >= 11 is 5.80. The molecule has 0 radical (unpaired) electrons. The minimum atomic E-state index is -1.02. The monoisotopic (exact) mass is 318 g/mol. The van der Waals surface area contributed by atoms with Crippen LogP contribution < -0.4 is 10.6 Å². The summed E-state index contributed by atoms with van der Waals surface area (Å²) < 4.78 is 5.25. The summed E-state index contributed by atoms with van der Waals surface area (Å²) in [5, 5.41) is 23.5. The molecule has 0 saturated carbocycles. The lowest BCUT2D eigenvalue weighted by molar-refractivity contribution is -0.125. The van der Waals surface area contributed by atoms with Crippen LogP contribution in [0.5, 0.6) is 0 Å². The SMILES string of the molecule is C=C(/C=C(/OCC(O)CO)C(=C)Cl)NC(C)(C)C(=O)NC. The zero-order chi connectivity index (χ0) is 16.6. The quantitative estimate of drug-likeness (QED) is 0.369. The van der Waals surface area contributed by atoms with Crippen LogP contribution in [-0.2, 0) is 9.53 Å². The van der Waals surface area contributed by atoms with Gasteiger partial charge in [-0.2, -0.15) is 0 Å². The summed E-state index contributed by atoms with van der Waals surface area (Å²) in [5.41, 5.74) is -0.481. The van der Waals surface area contributed by atoms with E-state index in [2.05, 4.69) is 23.8 Å². The standard InChI is InChI=1S/C14H23ClN2O4/c1-9(17-14(3,4)13(20)16-5)6-12(10(2)15)21-8-11(19)7-18/h6,11,17-19H,1-2,7-8H2,3-5H3,(H,16,20)/b12-6+. The molecule has 0 aliphatic heterocycles. The molecule has 0 rings (SSSR count). The average Bonchev–Trinajstić information content (AvgIpc) is 2.40. The van der Waals surface area contributed by atoms with Crippen LogP contribution in [0.4, 0.5) is 0 Å². The lowest BCUT2D eigenvalue weighted by Crippen LogP contribution is -2.50. The smallest absolute Gasteiger partial charge is 0.244 e. The zero-order valence-corrected chi connectivity index (χ0v) is 13.3. The van der Waals surface area contributed by atoms with Gasteiger partial charge in [-0.3, -0.25) is 4.79 Å². The molecule has 7 heteroatoms. The molecule has 0 aromatic rings. The maximum absolute atomic E-state index is 11.7. The highest BCUT2D eigenvalue weighted by atomic mass is 35.5. The Morgan fingerprint density at radius 3 is 2.48 bits per heavy atom. The van der Waals surface area contributed by atoms with Crippen LogP contribution in [0.15, 0.2) is 35.7 Å².